The van der Waals surface area contributed by atoms with E-state index in [1.54, 1.807) is 0 Å². The molecule has 1 spiro atoms. The second-order valence-electron chi connectivity index (χ2n) is 13.1. The predicted octanol–water partition coefficient (Wildman–Crippen LogP) is 12.7. The molecule has 10 rings (SSSR count). The van der Waals surface area contributed by atoms with Crippen LogP contribution in [0.3, 0.4) is 0 Å². The van der Waals surface area contributed by atoms with Gasteiger partial charge in [0.15, 0.2) is 0 Å². The molecule has 0 heterocycles. The summed E-state index contributed by atoms with van der Waals surface area (Å²) >= 11 is 0. The van der Waals surface area contributed by atoms with Gasteiger partial charge < -0.3 is 0 Å². The highest BCUT2D eigenvalue weighted by atomic mass is 14.5. The molecule has 0 amide bonds. The zero-order valence-electron chi connectivity index (χ0n) is 26.8. The van der Waals surface area contributed by atoms with Gasteiger partial charge in [0.25, 0.3) is 0 Å². The Morgan fingerprint density at radius 1 is 0.479 bits per heavy atom. The lowest BCUT2D eigenvalue weighted by atomic mass is 9.68. The molecular formula is C48H32. The van der Waals surface area contributed by atoms with Gasteiger partial charge in [0.2, 0.25) is 0 Å². The molecule has 0 bridgehead atoms. The van der Waals surface area contributed by atoms with Crippen molar-refractivity contribution in [2.75, 3.05) is 0 Å². The first-order chi connectivity index (χ1) is 23.8. The van der Waals surface area contributed by atoms with Gasteiger partial charge in [-0.05, 0) is 112 Å². The third kappa shape index (κ3) is 3.34. The largest absolute Gasteiger partial charge is 0.0985 e. The standard InChI is InChI=1S/C48H32/c1-3-30(4-2)31-25-27-32(28-26-31)41-29-42-45-38-20-8-5-15-33(38)34-16-6-10-22-40(34)47(45)48(46(42)39-21-9-7-17-35(39)41)43-23-13-11-18-36(43)37-19-12-14-24-44(37)48/h3-29H,1H2,2H3/b30-4+. The van der Waals surface area contributed by atoms with Crippen molar-refractivity contribution in [1.29, 1.82) is 0 Å². The quantitative estimate of drug-likeness (QED) is 0.138. The average Bonchev–Trinajstić information content (AvgIpc) is 3.63. The molecule has 224 valence electrons. The van der Waals surface area contributed by atoms with Gasteiger partial charge in [0.05, 0.1) is 5.41 Å². The van der Waals surface area contributed by atoms with Gasteiger partial charge in [0, 0.05) is 0 Å². The Balaban J connectivity index is 1.43. The van der Waals surface area contributed by atoms with Crippen molar-refractivity contribution in [2.24, 2.45) is 0 Å². The minimum absolute atomic E-state index is 0.464. The second-order valence-corrected chi connectivity index (χ2v) is 13.1. The Labute approximate surface area is 281 Å². The van der Waals surface area contributed by atoms with Crippen LogP contribution in [-0.2, 0) is 5.41 Å². The van der Waals surface area contributed by atoms with Crippen LogP contribution in [0.4, 0.5) is 0 Å². The van der Waals surface area contributed by atoms with E-state index in [1.807, 2.05) is 6.08 Å². The van der Waals surface area contributed by atoms with Gasteiger partial charge in [-0.2, -0.15) is 0 Å². The molecule has 0 fully saturated rings. The second kappa shape index (κ2) is 10.0. The van der Waals surface area contributed by atoms with Crippen molar-refractivity contribution in [3.05, 3.63) is 198 Å². The van der Waals surface area contributed by atoms with E-state index in [0.29, 0.717) is 0 Å². The van der Waals surface area contributed by atoms with E-state index >= 15 is 0 Å². The lowest BCUT2D eigenvalue weighted by molar-refractivity contribution is 0.809. The summed E-state index contributed by atoms with van der Waals surface area (Å²) in [6.07, 6.45) is 4.05. The van der Waals surface area contributed by atoms with Crippen molar-refractivity contribution >= 4 is 37.9 Å². The maximum atomic E-state index is 4.04. The molecule has 0 heteroatoms. The zero-order valence-corrected chi connectivity index (χ0v) is 26.8. The van der Waals surface area contributed by atoms with E-state index in [9.17, 15) is 0 Å². The van der Waals surface area contributed by atoms with Crippen molar-refractivity contribution in [3.8, 4) is 33.4 Å². The minimum atomic E-state index is -0.464. The molecule has 2 aliphatic carbocycles. The van der Waals surface area contributed by atoms with Crippen LogP contribution in [0.15, 0.2) is 170 Å². The normalized spacial score (nSPS) is 13.9. The maximum Gasteiger partial charge on any atom is 0.0737 e. The predicted molar refractivity (Wildman–Crippen MR) is 205 cm³/mol. The molecule has 0 unspecified atom stereocenters. The molecule has 0 radical (unpaired) electrons. The molecule has 0 saturated heterocycles. The summed E-state index contributed by atoms with van der Waals surface area (Å²) in [6, 6.07) is 57.0. The highest BCUT2D eigenvalue weighted by molar-refractivity contribution is 6.22. The first-order valence-corrected chi connectivity index (χ1v) is 16.8. The van der Waals surface area contributed by atoms with Crippen molar-refractivity contribution in [1.82, 2.24) is 0 Å². The van der Waals surface area contributed by atoms with Gasteiger partial charge >= 0.3 is 0 Å². The number of hydrogen-bond donors (Lipinski definition) is 0. The van der Waals surface area contributed by atoms with Crippen LogP contribution in [0.1, 0.15) is 34.7 Å². The highest BCUT2D eigenvalue weighted by Gasteiger charge is 2.53. The van der Waals surface area contributed by atoms with E-state index in [1.165, 1.54) is 93.5 Å². The van der Waals surface area contributed by atoms with Gasteiger partial charge in [-0.3, -0.25) is 0 Å². The number of allylic oxidation sites excluding steroid dienone is 3. The Kier molecular flexibility index (Phi) is 5.66. The van der Waals surface area contributed by atoms with E-state index in [2.05, 4.69) is 171 Å². The first kappa shape index (κ1) is 27.2. The molecule has 2 aliphatic rings. The van der Waals surface area contributed by atoms with Gasteiger partial charge in [-0.15, -0.1) is 0 Å². The summed E-state index contributed by atoms with van der Waals surface area (Å²) in [6.45, 7) is 6.10. The number of rotatable bonds is 3. The molecule has 0 nitrogen and oxygen atoms in total. The molecular weight excluding hydrogens is 577 g/mol. The molecule has 8 aromatic carbocycles. The first-order valence-electron chi connectivity index (χ1n) is 16.8. The highest BCUT2D eigenvalue weighted by Crippen LogP contribution is 2.67. The smallest absolute Gasteiger partial charge is 0.0737 e. The zero-order chi connectivity index (χ0) is 32.0. The van der Waals surface area contributed by atoms with Crippen LogP contribution in [0, 0.1) is 0 Å². The van der Waals surface area contributed by atoms with E-state index in [0.717, 1.165) is 5.57 Å². The average molecular weight is 609 g/mol. The van der Waals surface area contributed by atoms with Gasteiger partial charge in [-0.1, -0.05) is 164 Å². The van der Waals surface area contributed by atoms with E-state index < -0.39 is 5.41 Å². The Bertz CT molecular complexity index is 2640. The van der Waals surface area contributed by atoms with Crippen LogP contribution >= 0.6 is 0 Å². The topological polar surface area (TPSA) is 0 Å². The lowest BCUT2D eigenvalue weighted by Gasteiger charge is -2.33. The number of fused-ring (bicyclic) bond motifs is 17. The molecule has 0 atom stereocenters. The van der Waals surface area contributed by atoms with Gasteiger partial charge in [0.1, 0.15) is 0 Å². The molecule has 0 saturated carbocycles. The molecule has 8 aromatic rings. The summed E-state index contributed by atoms with van der Waals surface area (Å²) in [5.74, 6) is 0. The fourth-order valence-corrected chi connectivity index (χ4v) is 9.17. The van der Waals surface area contributed by atoms with Crippen molar-refractivity contribution in [3.63, 3.8) is 0 Å². The summed E-state index contributed by atoms with van der Waals surface area (Å²) in [4.78, 5) is 0. The van der Waals surface area contributed by atoms with Crippen LogP contribution in [-0.4, -0.2) is 0 Å². The SMILES string of the molecule is C=C/C(=C\C)c1ccc(-c2cc3c(c4ccccc24)C2(c4ccccc4-c4ccccc42)c2c-3c3ccccc3c3ccccc23)cc1. The number of benzene rings is 8. The third-order valence-corrected chi connectivity index (χ3v) is 11.0. The van der Waals surface area contributed by atoms with Crippen molar-refractivity contribution < 1.29 is 0 Å². The number of hydrogen-bond acceptors (Lipinski definition) is 0. The summed E-state index contributed by atoms with van der Waals surface area (Å²) in [7, 11) is 0. The molecule has 0 aliphatic heterocycles. The Morgan fingerprint density at radius 3 is 1.58 bits per heavy atom. The molecule has 48 heavy (non-hydrogen) atoms. The van der Waals surface area contributed by atoms with Crippen LogP contribution in [0.5, 0.6) is 0 Å². The van der Waals surface area contributed by atoms with E-state index in [-0.39, 0.29) is 0 Å². The maximum absolute atomic E-state index is 4.04. The summed E-state index contributed by atoms with van der Waals surface area (Å²) in [5, 5.41) is 7.84. The van der Waals surface area contributed by atoms with Gasteiger partial charge in [-0.25, -0.2) is 0 Å². The van der Waals surface area contributed by atoms with Crippen molar-refractivity contribution in [2.45, 2.75) is 12.3 Å². The fourth-order valence-electron chi connectivity index (χ4n) is 9.17. The Hall–Kier alpha value is -5.98. The summed E-state index contributed by atoms with van der Waals surface area (Å²) in [5.41, 5.74) is 15.2. The van der Waals surface area contributed by atoms with Crippen LogP contribution in [0.2, 0.25) is 0 Å². The molecule has 0 aromatic heterocycles. The third-order valence-electron chi connectivity index (χ3n) is 11.0. The Morgan fingerprint density at radius 2 is 0.979 bits per heavy atom. The monoisotopic (exact) mass is 608 g/mol. The van der Waals surface area contributed by atoms with E-state index in [4.69, 9.17) is 0 Å². The van der Waals surface area contributed by atoms with Crippen LogP contribution < -0.4 is 0 Å². The fraction of sp³-hybridized carbons (Fsp3) is 0.0417. The molecule has 0 N–H and O–H groups in total. The summed E-state index contributed by atoms with van der Waals surface area (Å²) < 4.78 is 0. The lowest BCUT2D eigenvalue weighted by Crippen LogP contribution is -2.26. The minimum Gasteiger partial charge on any atom is -0.0985 e. The van der Waals surface area contributed by atoms with Crippen LogP contribution in [0.25, 0.3) is 71.3 Å².